The van der Waals surface area contributed by atoms with Gasteiger partial charge in [0.15, 0.2) is 0 Å². The number of rotatable bonds is 4. The van der Waals surface area contributed by atoms with E-state index in [9.17, 15) is 13.6 Å². The molecule has 6 heteroatoms. The Morgan fingerprint density at radius 3 is 2.70 bits per heavy atom. The van der Waals surface area contributed by atoms with E-state index < -0.39 is 17.3 Å². The molecular weight excluding hydrogens is 304 g/mol. The molecule has 3 rings (SSSR count). The van der Waals surface area contributed by atoms with Gasteiger partial charge in [0, 0.05) is 30.1 Å². The van der Waals surface area contributed by atoms with Crippen LogP contribution in [0.3, 0.4) is 0 Å². The Kier molecular flexibility index (Phi) is 3.97. The molecule has 0 amide bonds. The third-order valence-corrected chi connectivity index (χ3v) is 3.44. The van der Waals surface area contributed by atoms with Crippen molar-refractivity contribution < 1.29 is 17.9 Å². The van der Waals surface area contributed by atoms with Crippen LogP contribution in [-0.2, 0) is 6.54 Å². The van der Waals surface area contributed by atoms with Crippen LogP contribution in [0, 0.1) is 11.6 Å². The molecule has 2 aromatic carbocycles. The first-order valence-electron chi connectivity index (χ1n) is 6.86. The fourth-order valence-electron chi connectivity index (χ4n) is 2.31. The van der Waals surface area contributed by atoms with Gasteiger partial charge in [0.05, 0.1) is 12.8 Å². The van der Waals surface area contributed by atoms with Gasteiger partial charge in [0.1, 0.15) is 23.0 Å². The average molecular weight is 317 g/mol. The van der Waals surface area contributed by atoms with Crippen molar-refractivity contribution in [3.05, 3.63) is 70.1 Å². The second kappa shape index (κ2) is 6.08. The summed E-state index contributed by atoms with van der Waals surface area (Å²) in [5.74, 6) is -0.778. The molecule has 0 atom stereocenters. The molecule has 1 aromatic heterocycles. The van der Waals surface area contributed by atoms with Crippen molar-refractivity contribution in [2.45, 2.75) is 6.54 Å². The van der Waals surface area contributed by atoms with Crippen molar-refractivity contribution in [3.8, 4) is 5.75 Å². The smallest absolute Gasteiger partial charge is 0.336 e. The van der Waals surface area contributed by atoms with Crippen LogP contribution in [0.1, 0.15) is 5.56 Å². The van der Waals surface area contributed by atoms with Crippen LogP contribution in [0.25, 0.3) is 11.0 Å². The zero-order valence-corrected chi connectivity index (χ0v) is 12.2. The van der Waals surface area contributed by atoms with Crippen LogP contribution < -0.4 is 15.7 Å². The summed E-state index contributed by atoms with van der Waals surface area (Å²) in [6.45, 7) is 0.191. The second-order valence-corrected chi connectivity index (χ2v) is 4.93. The van der Waals surface area contributed by atoms with Crippen molar-refractivity contribution in [2.24, 2.45) is 0 Å². The molecule has 1 heterocycles. The molecule has 0 aliphatic heterocycles. The monoisotopic (exact) mass is 317 g/mol. The Morgan fingerprint density at radius 1 is 1.13 bits per heavy atom. The van der Waals surface area contributed by atoms with E-state index in [-0.39, 0.29) is 12.2 Å². The maximum atomic E-state index is 13.6. The molecule has 0 saturated carbocycles. The number of halogens is 2. The number of hydrogen-bond acceptors (Lipinski definition) is 4. The van der Waals surface area contributed by atoms with E-state index in [2.05, 4.69) is 5.32 Å². The third-order valence-electron chi connectivity index (χ3n) is 3.44. The fourth-order valence-corrected chi connectivity index (χ4v) is 2.31. The number of nitrogens with one attached hydrogen (secondary N) is 1. The third kappa shape index (κ3) is 3.15. The van der Waals surface area contributed by atoms with Gasteiger partial charge in [-0.2, -0.15) is 0 Å². The number of hydrogen-bond donors (Lipinski definition) is 1. The van der Waals surface area contributed by atoms with Crippen molar-refractivity contribution in [2.75, 3.05) is 12.4 Å². The van der Waals surface area contributed by atoms with E-state index in [0.29, 0.717) is 22.3 Å². The summed E-state index contributed by atoms with van der Waals surface area (Å²) in [5, 5.41) is 3.56. The van der Waals surface area contributed by atoms with Gasteiger partial charge in [0.2, 0.25) is 0 Å². The van der Waals surface area contributed by atoms with Crippen molar-refractivity contribution in [1.29, 1.82) is 0 Å². The van der Waals surface area contributed by atoms with Crippen LogP contribution >= 0.6 is 0 Å². The van der Waals surface area contributed by atoms with Crippen molar-refractivity contribution >= 4 is 16.7 Å². The van der Waals surface area contributed by atoms with Gasteiger partial charge >= 0.3 is 5.63 Å². The number of ether oxygens (including phenoxy) is 1. The Hall–Kier alpha value is -2.89. The molecule has 118 valence electrons. The molecule has 1 N–H and O–H groups in total. The van der Waals surface area contributed by atoms with E-state index >= 15 is 0 Å². The zero-order chi connectivity index (χ0) is 16.4. The normalized spacial score (nSPS) is 10.7. The molecule has 3 aromatic rings. The summed E-state index contributed by atoms with van der Waals surface area (Å²) < 4.78 is 36.8. The maximum Gasteiger partial charge on any atom is 0.336 e. The van der Waals surface area contributed by atoms with Gasteiger partial charge in [-0.05, 0) is 29.8 Å². The van der Waals surface area contributed by atoms with E-state index in [1.165, 1.54) is 19.2 Å². The lowest BCUT2D eigenvalue weighted by Crippen LogP contribution is -2.07. The van der Waals surface area contributed by atoms with Crippen LogP contribution in [0.2, 0.25) is 0 Å². The molecule has 0 saturated heterocycles. The predicted molar refractivity (Wildman–Crippen MR) is 82.7 cm³/mol. The summed E-state index contributed by atoms with van der Waals surface area (Å²) in [5.41, 5.74) is 0.666. The first-order chi connectivity index (χ1) is 11.1. The quantitative estimate of drug-likeness (QED) is 0.746. The summed E-state index contributed by atoms with van der Waals surface area (Å²) >= 11 is 0. The highest BCUT2D eigenvalue weighted by Gasteiger charge is 2.09. The Bertz CT molecular complexity index is 921. The van der Waals surface area contributed by atoms with E-state index in [1.807, 2.05) is 0 Å². The van der Waals surface area contributed by atoms with Crippen LogP contribution in [-0.4, -0.2) is 7.11 Å². The fraction of sp³-hybridized carbons (Fsp3) is 0.118. The summed E-state index contributed by atoms with van der Waals surface area (Å²) in [7, 11) is 1.52. The molecule has 0 aliphatic rings. The molecule has 0 aliphatic carbocycles. The lowest BCUT2D eigenvalue weighted by molar-refractivity contribution is 0.414. The molecule has 0 bridgehead atoms. The summed E-state index contributed by atoms with van der Waals surface area (Å²) in [6.07, 6.45) is 0. The number of anilines is 1. The van der Waals surface area contributed by atoms with Crippen LogP contribution in [0.15, 0.2) is 51.7 Å². The Labute approximate surface area is 130 Å². The maximum absolute atomic E-state index is 13.6. The van der Waals surface area contributed by atoms with Crippen LogP contribution in [0.5, 0.6) is 5.75 Å². The van der Waals surface area contributed by atoms with E-state index in [4.69, 9.17) is 9.15 Å². The minimum absolute atomic E-state index is 0.154. The lowest BCUT2D eigenvalue weighted by atomic mass is 10.1. The van der Waals surface area contributed by atoms with Gasteiger partial charge in [-0.15, -0.1) is 0 Å². The largest absolute Gasteiger partial charge is 0.497 e. The standard InChI is InChI=1S/C17H13F2NO3/c1-22-12-3-4-13-10(6-17(21)23-16(13)8-12)9-20-15-5-2-11(18)7-14(15)19/h2-8,20H,9H2,1H3. The van der Waals surface area contributed by atoms with Gasteiger partial charge in [-0.3, -0.25) is 0 Å². The van der Waals surface area contributed by atoms with Gasteiger partial charge < -0.3 is 14.5 Å². The van der Waals surface area contributed by atoms with E-state index in [1.54, 1.807) is 18.2 Å². The predicted octanol–water partition coefficient (Wildman–Crippen LogP) is 3.69. The Balaban J connectivity index is 1.94. The topological polar surface area (TPSA) is 51.5 Å². The minimum Gasteiger partial charge on any atom is -0.497 e. The second-order valence-electron chi connectivity index (χ2n) is 4.93. The first kappa shape index (κ1) is 15.0. The van der Waals surface area contributed by atoms with E-state index in [0.717, 1.165) is 12.1 Å². The summed E-state index contributed by atoms with van der Waals surface area (Å²) in [6, 6.07) is 9.71. The van der Waals surface area contributed by atoms with Gasteiger partial charge in [0.25, 0.3) is 0 Å². The first-order valence-corrected chi connectivity index (χ1v) is 6.86. The van der Waals surface area contributed by atoms with Crippen LogP contribution in [0.4, 0.5) is 14.5 Å². The average Bonchev–Trinajstić information content (AvgIpc) is 2.53. The molecule has 0 unspecified atom stereocenters. The molecule has 0 fully saturated rings. The Morgan fingerprint density at radius 2 is 1.96 bits per heavy atom. The molecule has 0 radical (unpaired) electrons. The highest BCUT2D eigenvalue weighted by atomic mass is 19.1. The SMILES string of the molecule is COc1ccc2c(CNc3ccc(F)cc3F)cc(=O)oc2c1. The minimum atomic E-state index is -0.695. The summed E-state index contributed by atoms with van der Waals surface area (Å²) in [4.78, 5) is 11.7. The van der Waals surface area contributed by atoms with Crippen molar-refractivity contribution in [3.63, 3.8) is 0 Å². The lowest BCUT2D eigenvalue weighted by Gasteiger charge is -2.10. The van der Waals surface area contributed by atoms with Gasteiger partial charge in [-0.25, -0.2) is 13.6 Å². The molecule has 4 nitrogen and oxygen atoms in total. The number of benzene rings is 2. The number of fused-ring (bicyclic) bond motifs is 1. The van der Waals surface area contributed by atoms with Gasteiger partial charge in [-0.1, -0.05) is 0 Å². The van der Waals surface area contributed by atoms with Crippen molar-refractivity contribution in [1.82, 2.24) is 0 Å². The highest BCUT2D eigenvalue weighted by Crippen LogP contribution is 2.23. The number of methoxy groups -OCH3 is 1. The molecular formula is C17H13F2NO3. The zero-order valence-electron chi connectivity index (χ0n) is 12.2. The highest BCUT2D eigenvalue weighted by molar-refractivity contribution is 5.81. The molecule has 23 heavy (non-hydrogen) atoms. The molecule has 0 spiro atoms.